The summed E-state index contributed by atoms with van der Waals surface area (Å²) in [6, 6.07) is 15.1. The van der Waals surface area contributed by atoms with Crippen LogP contribution >= 0.6 is 0 Å². The summed E-state index contributed by atoms with van der Waals surface area (Å²) in [5, 5.41) is 11.6. The van der Waals surface area contributed by atoms with E-state index in [0.717, 1.165) is 0 Å². The summed E-state index contributed by atoms with van der Waals surface area (Å²) in [4.78, 5) is 24.4. The van der Waals surface area contributed by atoms with Crippen molar-refractivity contribution in [1.29, 1.82) is 5.26 Å². The summed E-state index contributed by atoms with van der Waals surface area (Å²) >= 11 is 0. The van der Waals surface area contributed by atoms with Crippen LogP contribution in [-0.2, 0) is 9.53 Å². The Hall–Kier alpha value is -3.33. The van der Waals surface area contributed by atoms with Crippen LogP contribution in [0.1, 0.15) is 36.7 Å². The minimum absolute atomic E-state index is 0.0350. The van der Waals surface area contributed by atoms with E-state index in [4.69, 9.17) is 14.7 Å². The van der Waals surface area contributed by atoms with Crippen molar-refractivity contribution in [3.05, 3.63) is 59.7 Å². The van der Waals surface area contributed by atoms with Crippen LogP contribution in [-0.4, -0.2) is 24.1 Å². The van der Waals surface area contributed by atoms with E-state index in [1.165, 1.54) is 6.92 Å². The Labute approximate surface area is 152 Å². The summed E-state index contributed by atoms with van der Waals surface area (Å²) in [5.41, 5.74) is 1.02. The second-order valence-corrected chi connectivity index (χ2v) is 5.89. The number of nitrogens with zero attached hydrogens (tertiary/aromatic N) is 1. The third-order valence-electron chi connectivity index (χ3n) is 3.42. The number of nitriles is 1. The highest BCUT2D eigenvalue weighted by atomic mass is 16.5. The fourth-order valence-electron chi connectivity index (χ4n) is 2.15. The predicted octanol–water partition coefficient (Wildman–Crippen LogP) is 3.53. The van der Waals surface area contributed by atoms with Gasteiger partial charge in [0.2, 0.25) is 0 Å². The molecular formula is C20H20N2O4. The first kappa shape index (κ1) is 19.0. The van der Waals surface area contributed by atoms with Crippen LogP contribution in [0.2, 0.25) is 0 Å². The lowest BCUT2D eigenvalue weighted by atomic mass is 10.2. The van der Waals surface area contributed by atoms with Gasteiger partial charge in [0.15, 0.2) is 6.10 Å². The van der Waals surface area contributed by atoms with Gasteiger partial charge in [0, 0.05) is 0 Å². The minimum atomic E-state index is -1.01. The number of rotatable bonds is 6. The topological polar surface area (TPSA) is 88.4 Å². The highest BCUT2D eigenvalue weighted by Gasteiger charge is 2.20. The number of anilines is 1. The molecule has 0 aliphatic rings. The molecule has 0 radical (unpaired) electrons. The Morgan fingerprint density at radius 1 is 1.04 bits per heavy atom. The second kappa shape index (κ2) is 8.67. The molecule has 2 rings (SSSR count). The molecule has 6 nitrogen and oxygen atoms in total. The monoisotopic (exact) mass is 352 g/mol. The molecule has 0 heterocycles. The second-order valence-electron chi connectivity index (χ2n) is 5.89. The summed E-state index contributed by atoms with van der Waals surface area (Å²) in [6.45, 7) is 5.29. The molecule has 0 spiro atoms. The predicted molar refractivity (Wildman–Crippen MR) is 96.9 cm³/mol. The van der Waals surface area contributed by atoms with E-state index < -0.39 is 18.0 Å². The van der Waals surface area contributed by atoms with Crippen molar-refractivity contribution in [1.82, 2.24) is 0 Å². The third kappa shape index (κ3) is 5.08. The van der Waals surface area contributed by atoms with Gasteiger partial charge in [-0.25, -0.2) is 4.79 Å². The highest BCUT2D eigenvalue weighted by Crippen LogP contribution is 2.16. The lowest BCUT2D eigenvalue weighted by Gasteiger charge is -2.14. The smallest absolute Gasteiger partial charge is 0.338 e. The molecule has 2 aromatic rings. The Balaban J connectivity index is 1.97. The Morgan fingerprint density at radius 3 is 2.31 bits per heavy atom. The molecule has 134 valence electrons. The number of hydrogen-bond acceptors (Lipinski definition) is 5. The molecule has 1 amide bonds. The van der Waals surface area contributed by atoms with E-state index in [1.807, 2.05) is 19.9 Å². The zero-order chi connectivity index (χ0) is 19.1. The zero-order valence-electron chi connectivity index (χ0n) is 14.9. The van der Waals surface area contributed by atoms with Gasteiger partial charge in [-0.3, -0.25) is 4.79 Å². The van der Waals surface area contributed by atoms with Gasteiger partial charge in [0.1, 0.15) is 11.8 Å². The molecule has 6 heteroatoms. The van der Waals surface area contributed by atoms with Crippen LogP contribution in [0.25, 0.3) is 0 Å². The van der Waals surface area contributed by atoms with Gasteiger partial charge in [0.05, 0.1) is 22.9 Å². The van der Waals surface area contributed by atoms with Crippen molar-refractivity contribution in [2.75, 3.05) is 5.32 Å². The van der Waals surface area contributed by atoms with Crippen LogP contribution in [0.3, 0.4) is 0 Å². The SMILES string of the molecule is CC(C)Oc1ccc(C(=O)O[C@H](C)C(=O)Nc2ccccc2C#N)cc1. The summed E-state index contributed by atoms with van der Waals surface area (Å²) in [7, 11) is 0. The standard InChI is InChI=1S/C20H20N2O4/c1-13(2)25-17-10-8-15(9-11-17)20(24)26-14(3)19(23)22-18-7-5-4-6-16(18)12-21/h4-11,13-14H,1-3H3,(H,22,23)/t14-/m1/s1. The highest BCUT2D eigenvalue weighted by molar-refractivity contribution is 5.98. The quantitative estimate of drug-likeness (QED) is 0.804. The number of carbonyl (C=O) groups is 2. The van der Waals surface area contributed by atoms with Crippen molar-refractivity contribution >= 4 is 17.6 Å². The van der Waals surface area contributed by atoms with Crippen molar-refractivity contribution in [3.8, 4) is 11.8 Å². The lowest BCUT2D eigenvalue weighted by molar-refractivity contribution is -0.123. The first-order valence-corrected chi connectivity index (χ1v) is 8.18. The van der Waals surface area contributed by atoms with Gasteiger partial charge in [-0.15, -0.1) is 0 Å². The van der Waals surface area contributed by atoms with Crippen molar-refractivity contribution in [3.63, 3.8) is 0 Å². The molecule has 0 bridgehead atoms. The summed E-state index contributed by atoms with van der Waals surface area (Å²) in [5.74, 6) is -0.478. The van der Waals surface area contributed by atoms with E-state index in [-0.39, 0.29) is 6.10 Å². The average Bonchev–Trinajstić information content (AvgIpc) is 2.62. The van der Waals surface area contributed by atoms with Crippen LogP contribution in [0, 0.1) is 11.3 Å². The Kier molecular flexibility index (Phi) is 6.34. The van der Waals surface area contributed by atoms with Crippen LogP contribution in [0.4, 0.5) is 5.69 Å². The number of carbonyl (C=O) groups excluding carboxylic acids is 2. The fraction of sp³-hybridized carbons (Fsp3) is 0.250. The first-order valence-electron chi connectivity index (χ1n) is 8.18. The summed E-state index contributed by atoms with van der Waals surface area (Å²) < 4.78 is 10.7. The maximum Gasteiger partial charge on any atom is 0.338 e. The molecule has 0 saturated carbocycles. The molecule has 0 saturated heterocycles. The Bertz CT molecular complexity index is 822. The largest absolute Gasteiger partial charge is 0.491 e. The van der Waals surface area contributed by atoms with Crippen LogP contribution in [0.15, 0.2) is 48.5 Å². The van der Waals surface area contributed by atoms with Crippen molar-refractivity contribution in [2.24, 2.45) is 0 Å². The number of amides is 1. The molecule has 0 fully saturated rings. The van der Waals surface area contributed by atoms with Crippen LogP contribution < -0.4 is 10.1 Å². The maximum absolute atomic E-state index is 12.2. The molecule has 0 aromatic heterocycles. The first-order chi connectivity index (χ1) is 12.4. The molecule has 0 aliphatic heterocycles. The molecule has 0 unspecified atom stereocenters. The number of ether oxygens (including phenoxy) is 2. The van der Waals surface area contributed by atoms with E-state index in [0.29, 0.717) is 22.6 Å². The van der Waals surface area contributed by atoms with E-state index in [9.17, 15) is 9.59 Å². The molecule has 0 aliphatic carbocycles. The normalized spacial score (nSPS) is 11.3. The summed E-state index contributed by atoms with van der Waals surface area (Å²) in [6.07, 6.45) is -0.978. The average molecular weight is 352 g/mol. The number of nitrogens with one attached hydrogen (secondary N) is 1. The van der Waals surface area contributed by atoms with Gasteiger partial charge in [-0.05, 0) is 57.2 Å². The molecular weight excluding hydrogens is 332 g/mol. The molecule has 1 atom stereocenters. The minimum Gasteiger partial charge on any atom is -0.491 e. The zero-order valence-corrected chi connectivity index (χ0v) is 14.9. The fourth-order valence-corrected chi connectivity index (χ4v) is 2.15. The number of esters is 1. The van der Waals surface area contributed by atoms with Gasteiger partial charge < -0.3 is 14.8 Å². The van der Waals surface area contributed by atoms with Crippen molar-refractivity contribution in [2.45, 2.75) is 33.0 Å². The van der Waals surface area contributed by atoms with E-state index in [1.54, 1.807) is 48.5 Å². The molecule has 2 aromatic carbocycles. The van der Waals surface area contributed by atoms with Gasteiger partial charge in [-0.2, -0.15) is 5.26 Å². The number of benzene rings is 2. The Morgan fingerprint density at radius 2 is 1.69 bits per heavy atom. The van der Waals surface area contributed by atoms with E-state index >= 15 is 0 Å². The van der Waals surface area contributed by atoms with E-state index in [2.05, 4.69) is 5.32 Å². The maximum atomic E-state index is 12.2. The molecule has 26 heavy (non-hydrogen) atoms. The third-order valence-corrected chi connectivity index (χ3v) is 3.42. The van der Waals surface area contributed by atoms with Crippen LogP contribution in [0.5, 0.6) is 5.75 Å². The number of para-hydroxylation sites is 1. The van der Waals surface area contributed by atoms with Gasteiger partial charge >= 0.3 is 5.97 Å². The number of hydrogen-bond donors (Lipinski definition) is 1. The van der Waals surface area contributed by atoms with Crippen molar-refractivity contribution < 1.29 is 19.1 Å². The molecule has 1 N–H and O–H groups in total. The lowest BCUT2D eigenvalue weighted by Crippen LogP contribution is -2.30. The van der Waals surface area contributed by atoms with Gasteiger partial charge in [0.25, 0.3) is 5.91 Å². The van der Waals surface area contributed by atoms with Gasteiger partial charge in [-0.1, -0.05) is 12.1 Å².